The van der Waals surface area contributed by atoms with Crippen LogP contribution in [0.4, 0.5) is 11.4 Å². The van der Waals surface area contributed by atoms with Gasteiger partial charge in [-0.05, 0) is 42.5 Å². The van der Waals surface area contributed by atoms with Crippen LogP contribution in [0.15, 0.2) is 91.0 Å². The van der Waals surface area contributed by atoms with Crippen molar-refractivity contribution in [1.82, 2.24) is 0 Å². The molecule has 4 nitrogen and oxygen atoms in total. The van der Waals surface area contributed by atoms with Gasteiger partial charge in [0.05, 0.1) is 15.7 Å². The first-order chi connectivity index (χ1) is 16.0. The fraction of sp³-hybridized carbons (Fsp3) is 0.0370. The van der Waals surface area contributed by atoms with E-state index in [9.17, 15) is 9.59 Å². The van der Waals surface area contributed by atoms with Gasteiger partial charge in [-0.25, -0.2) is 0 Å². The molecule has 0 spiro atoms. The Morgan fingerprint density at radius 3 is 2.12 bits per heavy atom. The maximum absolute atomic E-state index is 13.0. The molecule has 0 saturated carbocycles. The molecule has 0 aliphatic carbocycles. The zero-order chi connectivity index (χ0) is 23.4. The smallest absolute Gasteiger partial charge is 0.258 e. The van der Waals surface area contributed by atoms with E-state index in [-0.39, 0.29) is 11.8 Å². The fourth-order valence-electron chi connectivity index (χ4n) is 3.47. The number of carbonyl (C=O) groups is 2. The third-order valence-corrected chi connectivity index (χ3v) is 5.76. The second-order valence-electron chi connectivity index (χ2n) is 7.30. The lowest BCUT2D eigenvalue weighted by Gasteiger charge is -2.22. The van der Waals surface area contributed by atoms with Crippen molar-refractivity contribution in [1.29, 1.82) is 0 Å². The van der Waals surface area contributed by atoms with Crippen LogP contribution < -0.4 is 10.2 Å². The highest BCUT2D eigenvalue weighted by Crippen LogP contribution is 2.41. The Morgan fingerprint density at radius 2 is 1.48 bits per heavy atom. The summed E-state index contributed by atoms with van der Waals surface area (Å²) in [6.45, 7) is 0. The van der Waals surface area contributed by atoms with E-state index in [2.05, 4.69) is 11.4 Å². The standard InChI is InChI=1S/C27H19Cl2N2O2/c1-31(27(33)19-11-6-3-7-12-19)24-14-8-13-22(28)25(24)21-16-15-20(17-23(21)29)30-26(32)18-9-4-2-5-10-18/h2-12,14-17H,1H3,(H,30,32). The molecule has 6 heteroatoms. The summed E-state index contributed by atoms with van der Waals surface area (Å²) >= 11 is 13.1. The lowest BCUT2D eigenvalue weighted by atomic mass is 10.0. The van der Waals surface area contributed by atoms with Crippen molar-refractivity contribution in [3.63, 3.8) is 0 Å². The predicted molar refractivity (Wildman–Crippen MR) is 134 cm³/mol. The highest BCUT2D eigenvalue weighted by Gasteiger charge is 2.21. The Balaban J connectivity index is 1.67. The van der Waals surface area contributed by atoms with Crippen LogP contribution in [0.25, 0.3) is 11.1 Å². The van der Waals surface area contributed by atoms with Crippen LogP contribution in [0.3, 0.4) is 0 Å². The lowest BCUT2D eigenvalue weighted by Crippen LogP contribution is -2.26. The van der Waals surface area contributed by atoms with E-state index < -0.39 is 0 Å². The summed E-state index contributed by atoms with van der Waals surface area (Å²) in [5.41, 5.74) is 3.44. The van der Waals surface area contributed by atoms with Gasteiger partial charge in [0.2, 0.25) is 0 Å². The number of hydrogen-bond donors (Lipinski definition) is 1. The minimum absolute atomic E-state index is 0.179. The van der Waals surface area contributed by atoms with Gasteiger partial charge in [-0.2, -0.15) is 0 Å². The van der Waals surface area contributed by atoms with Crippen LogP contribution in [-0.2, 0) is 0 Å². The van der Waals surface area contributed by atoms with Crippen LogP contribution in [0.2, 0.25) is 10.0 Å². The maximum Gasteiger partial charge on any atom is 0.258 e. The number of amides is 2. The Kier molecular flexibility index (Phi) is 6.78. The Morgan fingerprint density at radius 1 is 0.848 bits per heavy atom. The van der Waals surface area contributed by atoms with Crippen molar-refractivity contribution in [3.8, 4) is 11.1 Å². The monoisotopic (exact) mass is 473 g/mol. The van der Waals surface area contributed by atoms with Gasteiger partial charge in [-0.1, -0.05) is 71.7 Å². The number of nitrogens with zero attached hydrogens (tertiary/aromatic N) is 1. The molecule has 0 fully saturated rings. The summed E-state index contributed by atoms with van der Waals surface area (Å²) in [5.74, 6) is -0.415. The first kappa shape index (κ1) is 22.6. The molecule has 0 unspecified atom stereocenters. The molecule has 0 heterocycles. The molecule has 2 amide bonds. The molecule has 1 N–H and O–H groups in total. The number of halogens is 2. The molecule has 4 aromatic rings. The first-order valence-electron chi connectivity index (χ1n) is 10.2. The summed E-state index contributed by atoms with van der Waals surface area (Å²) < 4.78 is 0. The van der Waals surface area contributed by atoms with E-state index in [1.807, 2.05) is 24.3 Å². The SMILES string of the molecule is CN(C(=O)c1ccccc1)c1cc[c]c(Cl)c1-c1ccc(NC(=O)c2ccccc2)cc1Cl. The average Bonchev–Trinajstić information content (AvgIpc) is 2.84. The van der Waals surface area contributed by atoms with Crippen molar-refractivity contribution in [3.05, 3.63) is 118 Å². The third-order valence-electron chi connectivity index (χ3n) is 5.15. The molecule has 4 rings (SSSR count). The highest BCUT2D eigenvalue weighted by molar-refractivity contribution is 6.37. The van der Waals surface area contributed by atoms with E-state index >= 15 is 0 Å². The second-order valence-corrected chi connectivity index (χ2v) is 8.08. The summed E-state index contributed by atoms with van der Waals surface area (Å²) in [6.07, 6.45) is 0. The van der Waals surface area contributed by atoms with Gasteiger partial charge < -0.3 is 10.2 Å². The molecule has 0 aromatic heterocycles. The van der Waals surface area contributed by atoms with Gasteiger partial charge in [0.1, 0.15) is 0 Å². The zero-order valence-electron chi connectivity index (χ0n) is 17.7. The van der Waals surface area contributed by atoms with Crippen molar-refractivity contribution < 1.29 is 9.59 Å². The number of carbonyl (C=O) groups excluding carboxylic acids is 2. The van der Waals surface area contributed by atoms with Crippen LogP contribution in [0.1, 0.15) is 20.7 Å². The first-order valence-corrected chi connectivity index (χ1v) is 10.9. The molecule has 4 aromatic carbocycles. The van der Waals surface area contributed by atoms with Gasteiger partial charge in [0.15, 0.2) is 0 Å². The molecule has 0 aliphatic rings. The zero-order valence-corrected chi connectivity index (χ0v) is 19.2. The number of hydrogen-bond acceptors (Lipinski definition) is 2. The van der Waals surface area contributed by atoms with E-state index in [1.54, 1.807) is 73.8 Å². The van der Waals surface area contributed by atoms with Crippen molar-refractivity contribution in [2.75, 3.05) is 17.3 Å². The average molecular weight is 474 g/mol. The van der Waals surface area contributed by atoms with Gasteiger partial charge >= 0.3 is 0 Å². The predicted octanol–water partition coefficient (Wildman–Crippen LogP) is 6.99. The number of nitrogens with one attached hydrogen (secondary N) is 1. The summed E-state index contributed by atoms with van der Waals surface area (Å²) in [6, 6.07) is 29.5. The van der Waals surface area contributed by atoms with Crippen LogP contribution in [0.5, 0.6) is 0 Å². The quantitative estimate of drug-likeness (QED) is 0.339. The molecular formula is C27H19Cl2N2O2. The summed E-state index contributed by atoms with van der Waals surface area (Å²) in [4.78, 5) is 27.0. The van der Waals surface area contributed by atoms with Crippen LogP contribution >= 0.6 is 23.2 Å². The molecule has 0 bridgehead atoms. The Bertz CT molecular complexity index is 1310. The van der Waals surface area contributed by atoms with E-state index in [1.165, 1.54) is 4.90 Å². The lowest BCUT2D eigenvalue weighted by molar-refractivity contribution is 0.0991. The minimum atomic E-state index is -0.237. The van der Waals surface area contributed by atoms with Crippen molar-refractivity contribution in [2.24, 2.45) is 0 Å². The normalized spacial score (nSPS) is 10.5. The van der Waals surface area contributed by atoms with E-state index in [4.69, 9.17) is 23.2 Å². The summed E-state index contributed by atoms with van der Waals surface area (Å²) in [7, 11) is 1.69. The van der Waals surface area contributed by atoms with Crippen LogP contribution in [-0.4, -0.2) is 18.9 Å². The maximum atomic E-state index is 13.0. The molecular weight excluding hydrogens is 455 g/mol. The topological polar surface area (TPSA) is 49.4 Å². The highest BCUT2D eigenvalue weighted by atomic mass is 35.5. The molecule has 0 aliphatic heterocycles. The van der Waals surface area contributed by atoms with Gasteiger partial charge in [0, 0.05) is 41.1 Å². The third kappa shape index (κ3) is 4.92. The minimum Gasteiger partial charge on any atom is -0.322 e. The van der Waals surface area contributed by atoms with E-state index in [0.717, 1.165) is 0 Å². The number of rotatable bonds is 5. The molecule has 33 heavy (non-hydrogen) atoms. The van der Waals surface area contributed by atoms with Crippen LogP contribution in [0, 0.1) is 6.07 Å². The van der Waals surface area contributed by atoms with Gasteiger partial charge in [-0.3, -0.25) is 9.59 Å². The Labute approximate surface area is 202 Å². The number of anilines is 2. The molecule has 0 atom stereocenters. The van der Waals surface area contributed by atoms with Crippen molar-refractivity contribution in [2.45, 2.75) is 0 Å². The van der Waals surface area contributed by atoms with E-state index in [0.29, 0.717) is 43.7 Å². The summed E-state index contributed by atoms with van der Waals surface area (Å²) in [5, 5.41) is 3.56. The number of benzene rings is 4. The molecule has 1 radical (unpaired) electrons. The fourth-order valence-corrected chi connectivity index (χ4v) is 4.01. The molecule has 0 saturated heterocycles. The van der Waals surface area contributed by atoms with Gasteiger partial charge in [0.25, 0.3) is 11.8 Å². The largest absolute Gasteiger partial charge is 0.322 e. The van der Waals surface area contributed by atoms with Crippen molar-refractivity contribution >= 4 is 46.4 Å². The molecule has 163 valence electrons. The second kappa shape index (κ2) is 9.90. The Hall–Kier alpha value is -3.60. The van der Waals surface area contributed by atoms with Gasteiger partial charge in [-0.15, -0.1) is 0 Å².